The fourth-order valence-corrected chi connectivity index (χ4v) is 3.36. The van der Waals surface area contributed by atoms with Crippen molar-refractivity contribution < 1.29 is 4.52 Å². The van der Waals surface area contributed by atoms with Crippen molar-refractivity contribution in [3.05, 3.63) is 35.5 Å². The molecule has 0 spiro atoms. The van der Waals surface area contributed by atoms with Crippen LogP contribution in [0.4, 0.5) is 5.82 Å². The van der Waals surface area contributed by atoms with Crippen LogP contribution in [0, 0.1) is 6.92 Å². The molecule has 1 saturated heterocycles. The van der Waals surface area contributed by atoms with Crippen LogP contribution in [0.15, 0.2) is 22.7 Å². The molecule has 0 N–H and O–H groups in total. The molecule has 3 aromatic heterocycles. The van der Waals surface area contributed by atoms with Crippen molar-refractivity contribution in [2.45, 2.75) is 32.2 Å². The number of likely N-dealkylation sites (tertiary alicyclic amines) is 1. The monoisotopic (exact) mass is 341 g/mol. The highest BCUT2D eigenvalue weighted by Gasteiger charge is 2.25. The number of anilines is 1. The molecular weight excluding hydrogens is 318 g/mol. The summed E-state index contributed by atoms with van der Waals surface area (Å²) in [7, 11) is 3.98. The highest BCUT2D eigenvalue weighted by molar-refractivity contribution is 5.45. The largest absolute Gasteiger partial charge is 0.361 e. The predicted octanol–water partition coefficient (Wildman–Crippen LogP) is 1.87. The molecule has 132 valence electrons. The van der Waals surface area contributed by atoms with Gasteiger partial charge in [-0.25, -0.2) is 0 Å². The molecule has 0 amide bonds. The van der Waals surface area contributed by atoms with E-state index in [2.05, 4.69) is 25.4 Å². The topological polar surface area (TPSA) is 75.6 Å². The zero-order valence-corrected chi connectivity index (χ0v) is 14.9. The van der Waals surface area contributed by atoms with Crippen molar-refractivity contribution in [3.8, 4) is 0 Å². The van der Waals surface area contributed by atoms with Gasteiger partial charge in [-0.2, -0.15) is 4.52 Å². The van der Waals surface area contributed by atoms with E-state index in [-0.39, 0.29) is 0 Å². The Morgan fingerprint density at radius 3 is 2.68 bits per heavy atom. The molecule has 0 atom stereocenters. The Morgan fingerprint density at radius 1 is 1.20 bits per heavy atom. The summed E-state index contributed by atoms with van der Waals surface area (Å²) in [4.78, 5) is 4.40. The number of rotatable bonds is 4. The van der Waals surface area contributed by atoms with E-state index in [4.69, 9.17) is 4.52 Å². The molecular formula is C17H23N7O. The number of aromatic nitrogens is 5. The predicted molar refractivity (Wildman–Crippen MR) is 93.6 cm³/mol. The molecule has 8 heteroatoms. The summed E-state index contributed by atoms with van der Waals surface area (Å²) in [5.41, 5.74) is 1.81. The van der Waals surface area contributed by atoms with Crippen LogP contribution in [0.25, 0.3) is 5.65 Å². The molecule has 0 aliphatic carbocycles. The van der Waals surface area contributed by atoms with Crippen LogP contribution in [0.5, 0.6) is 0 Å². The SMILES string of the molecule is Cc1cc(CN2CCC(c3nnc4ccc(N(C)C)nn34)CC2)no1. The summed E-state index contributed by atoms with van der Waals surface area (Å²) < 4.78 is 7.05. The molecule has 3 aromatic rings. The van der Waals surface area contributed by atoms with E-state index in [0.29, 0.717) is 5.92 Å². The Hall–Kier alpha value is -2.48. The second-order valence-corrected chi connectivity index (χ2v) is 6.89. The van der Waals surface area contributed by atoms with E-state index in [9.17, 15) is 0 Å². The van der Waals surface area contributed by atoms with Gasteiger partial charge in [-0.3, -0.25) is 4.90 Å². The molecule has 0 aromatic carbocycles. The molecule has 8 nitrogen and oxygen atoms in total. The van der Waals surface area contributed by atoms with Crippen molar-refractivity contribution in [2.75, 3.05) is 32.1 Å². The van der Waals surface area contributed by atoms with E-state index < -0.39 is 0 Å². The third-order valence-corrected chi connectivity index (χ3v) is 4.75. The van der Waals surface area contributed by atoms with Gasteiger partial charge >= 0.3 is 0 Å². The summed E-state index contributed by atoms with van der Waals surface area (Å²) in [5.74, 6) is 3.13. The smallest absolute Gasteiger partial charge is 0.178 e. The van der Waals surface area contributed by atoms with Gasteiger partial charge in [-0.15, -0.1) is 15.3 Å². The molecule has 4 rings (SSSR count). The Kier molecular flexibility index (Phi) is 4.12. The minimum atomic E-state index is 0.384. The van der Waals surface area contributed by atoms with Crippen LogP contribution < -0.4 is 4.90 Å². The number of hydrogen-bond donors (Lipinski definition) is 0. The molecule has 25 heavy (non-hydrogen) atoms. The number of nitrogens with zero attached hydrogens (tertiary/aromatic N) is 7. The molecule has 1 aliphatic rings. The maximum absolute atomic E-state index is 5.15. The summed E-state index contributed by atoms with van der Waals surface area (Å²) in [6, 6.07) is 5.95. The third-order valence-electron chi connectivity index (χ3n) is 4.75. The summed E-state index contributed by atoms with van der Waals surface area (Å²) in [5, 5.41) is 17.5. The molecule has 0 bridgehead atoms. The van der Waals surface area contributed by atoms with Gasteiger partial charge in [0.15, 0.2) is 11.5 Å². The van der Waals surface area contributed by atoms with Gasteiger partial charge < -0.3 is 9.42 Å². The maximum atomic E-state index is 5.15. The van der Waals surface area contributed by atoms with Crippen molar-refractivity contribution in [1.29, 1.82) is 0 Å². The minimum Gasteiger partial charge on any atom is -0.361 e. The van der Waals surface area contributed by atoms with E-state index >= 15 is 0 Å². The van der Waals surface area contributed by atoms with E-state index in [1.807, 2.05) is 48.6 Å². The van der Waals surface area contributed by atoms with Crippen LogP contribution in [0.1, 0.15) is 36.0 Å². The molecule has 0 saturated carbocycles. The quantitative estimate of drug-likeness (QED) is 0.717. The Balaban J connectivity index is 1.47. The third kappa shape index (κ3) is 3.21. The van der Waals surface area contributed by atoms with Gasteiger partial charge in [0.1, 0.15) is 11.6 Å². The fourth-order valence-electron chi connectivity index (χ4n) is 3.36. The standard InChI is InChI=1S/C17H23N7O/c1-12-10-14(21-25-12)11-23-8-6-13(7-9-23)17-19-18-15-4-5-16(22(2)3)20-24(15)17/h4-5,10,13H,6-9,11H2,1-3H3. The Labute approximate surface area is 146 Å². The van der Waals surface area contributed by atoms with Gasteiger partial charge in [0.25, 0.3) is 0 Å². The number of fused-ring (bicyclic) bond motifs is 1. The average molecular weight is 341 g/mol. The van der Waals surface area contributed by atoms with Crippen LogP contribution in [0.2, 0.25) is 0 Å². The number of hydrogen-bond acceptors (Lipinski definition) is 7. The van der Waals surface area contributed by atoms with E-state index in [1.165, 1.54) is 0 Å². The second-order valence-electron chi connectivity index (χ2n) is 6.89. The first kappa shape index (κ1) is 16.0. The van der Waals surface area contributed by atoms with Gasteiger partial charge in [-0.1, -0.05) is 5.16 Å². The van der Waals surface area contributed by atoms with Gasteiger partial charge in [-0.05, 0) is 45.0 Å². The highest BCUT2D eigenvalue weighted by Crippen LogP contribution is 2.27. The maximum Gasteiger partial charge on any atom is 0.178 e. The summed E-state index contributed by atoms with van der Waals surface area (Å²) in [6.45, 7) is 4.79. The van der Waals surface area contributed by atoms with Gasteiger partial charge in [0.2, 0.25) is 0 Å². The van der Waals surface area contributed by atoms with Crippen molar-refractivity contribution in [1.82, 2.24) is 29.9 Å². The average Bonchev–Trinajstić information content (AvgIpc) is 3.21. The Bertz CT molecular complexity index is 861. The Morgan fingerprint density at radius 2 is 2.00 bits per heavy atom. The summed E-state index contributed by atoms with van der Waals surface area (Å²) in [6.07, 6.45) is 2.09. The normalized spacial score (nSPS) is 16.6. The molecule has 4 heterocycles. The van der Waals surface area contributed by atoms with E-state index in [0.717, 1.165) is 61.2 Å². The summed E-state index contributed by atoms with van der Waals surface area (Å²) >= 11 is 0. The van der Waals surface area contributed by atoms with Crippen LogP contribution >= 0.6 is 0 Å². The molecule has 1 aliphatic heterocycles. The zero-order valence-electron chi connectivity index (χ0n) is 14.9. The molecule has 0 radical (unpaired) electrons. The first-order valence-electron chi connectivity index (χ1n) is 8.64. The van der Waals surface area contributed by atoms with Crippen molar-refractivity contribution in [2.24, 2.45) is 0 Å². The first-order chi connectivity index (χ1) is 12.1. The minimum absolute atomic E-state index is 0.384. The second kappa shape index (κ2) is 6.44. The number of piperidine rings is 1. The van der Waals surface area contributed by atoms with Crippen LogP contribution in [0.3, 0.4) is 0 Å². The number of aryl methyl sites for hydroxylation is 1. The lowest BCUT2D eigenvalue weighted by Gasteiger charge is -2.30. The molecule has 0 unspecified atom stereocenters. The van der Waals surface area contributed by atoms with Crippen LogP contribution in [-0.2, 0) is 6.54 Å². The lowest BCUT2D eigenvalue weighted by Crippen LogP contribution is -2.33. The van der Waals surface area contributed by atoms with E-state index in [1.54, 1.807) is 0 Å². The molecule has 1 fully saturated rings. The first-order valence-corrected chi connectivity index (χ1v) is 8.64. The highest BCUT2D eigenvalue weighted by atomic mass is 16.5. The van der Waals surface area contributed by atoms with Crippen molar-refractivity contribution >= 4 is 11.5 Å². The van der Waals surface area contributed by atoms with Crippen molar-refractivity contribution in [3.63, 3.8) is 0 Å². The van der Waals surface area contributed by atoms with Gasteiger partial charge in [0.05, 0.1) is 5.69 Å². The van der Waals surface area contributed by atoms with Gasteiger partial charge in [0, 0.05) is 32.6 Å². The zero-order chi connectivity index (χ0) is 17.4. The lowest BCUT2D eigenvalue weighted by molar-refractivity contribution is 0.196. The fraction of sp³-hybridized carbons (Fsp3) is 0.529. The van der Waals surface area contributed by atoms with Crippen LogP contribution in [-0.4, -0.2) is 57.1 Å². The lowest BCUT2D eigenvalue weighted by atomic mass is 9.96.